The number of hydrogen-bond acceptors (Lipinski definition) is 2. The number of allylic oxidation sites excluding steroid dienone is 1. The minimum absolute atomic E-state index is 0.0904. The molecule has 4 rings (SSSR count). The van der Waals surface area contributed by atoms with Crippen LogP contribution in [0, 0.1) is 0 Å². The highest BCUT2D eigenvalue weighted by Gasteiger charge is 2.51. The zero-order valence-corrected chi connectivity index (χ0v) is 12.0. The van der Waals surface area contributed by atoms with E-state index in [2.05, 4.69) is 0 Å². The van der Waals surface area contributed by atoms with E-state index < -0.39 is 17.4 Å². The predicted octanol–water partition coefficient (Wildman–Crippen LogP) is 2.94. The van der Waals surface area contributed by atoms with Crippen molar-refractivity contribution < 1.29 is 19.8 Å². The first kappa shape index (κ1) is 13.5. The average Bonchev–Trinajstić information content (AvgIpc) is 3.06. The third kappa shape index (κ3) is 1.55. The van der Waals surface area contributed by atoms with Crippen LogP contribution in [0.1, 0.15) is 22.3 Å². The van der Waals surface area contributed by atoms with Crippen LogP contribution >= 0.6 is 0 Å². The fourth-order valence-electron chi connectivity index (χ4n) is 3.77. The predicted molar refractivity (Wildman–Crippen MR) is 84.9 cm³/mol. The molecule has 0 amide bonds. The summed E-state index contributed by atoms with van der Waals surface area (Å²) in [5.41, 5.74) is 1.64. The number of rotatable bonds is 2. The Balaban J connectivity index is 2.17. The molecule has 1 atom stereocenters. The first-order valence-electron chi connectivity index (χ1n) is 7.17. The average molecular weight is 304 g/mol. The highest BCUT2D eigenvalue weighted by atomic mass is 16.4. The molecule has 2 N–H and O–H groups in total. The number of carboxylic acid groups (broad SMARTS) is 2. The molecule has 0 aromatic heterocycles. The Hall–Kier alpha value is -3.14. The van der Waals surface area contributed by atoms with Crippen molar-refractivity contribution in [1.82, 2.24) is 0 Å². The molecular formula is C19H12O4. The van der Waals surface area contributed by atoms with Crippen LogP contribution in [0.3, 0.4) is 0 Å². The molecule has 0 heterocycles. The normalized spacial score (nSPS) is 20.7. The van der Waals surface area contributed by atoms with E-state index in [0.717, 1.165) is 11.1 Å². The maximum atomic E-state index is 12.0. The summed E-state index contributed by atoms with van der Waals surface area (Å²) in [5, 5.41) is 19.4. The second kappa shape index (κ2) is 4.43. The summed E-state index contributed by atoms with van der Waals surface area (Å²) in [6.07, 6.45) is 3.66. The van der Waals surface area contributed by atoms with Crippen LogP contribution in [0.25, 0.3) is 11.6 Å². The standard InChI is InChI=1S/C19H12O4/c20-17(21)15-12-6-2-4-8-14(12)19(16(15)18(22)23)10-9-11-5-1-3-7-13(11)19/h1-10H,(H,20,21)(H,22,23). The minimum Gasteiger partial charge on any atom is -0.478 e. The summed E-state index contributed by atoms with van der Waals surface area (Å²) in [6.45, 7) is 0. The van der Waals surface area contributed by atoms with Gasteiger partial charge in [0.1, 0.15) is 0 Å². The van der Waals surface area contributed by atoms with Crippen molar-refractivity contribution in [2.45, 2.75) is 5.41 Å². The largest absolute Gasteiger partial charge is 0.478 e. The lowest BCUT2D eigenvalue weighted by molar-refractivity contribution is -0.134. The topological polar surface area (TPSA) is 74.6 Å². The number of fused-ring (bicyclic) bond motifs is 4. The molecule has 0 saturated heterocycles. The van der Waals surface area contributed by atoms with Gasteiger partial charge in [0.2, 0.25) is 0 Å². The Morgan fingerprint density at radius 2 is 1.48 bits per heavy atom. The molecule has 0 aliphatic heterocycles. The molecule has 2 aliphatic rings. The van der Waals surface area contributed by atoms with Crippen LogP contribution in [0.15, 0.2) is 60.2 Å². The second-order valence-corrected chi connectivity index (χ2v) is 5.63. The molecule has 4 nitrogen and oxygen atoms in total. The summed E-state index contributed by atoms with van der Waals surface area (Å²) in [5.74, 6) is -2.43. The van der Waals surface area contributed by atoms with E-state index in [1.54, 1.807) is 30.3 Å². The molecule has 0 fully saturated rings. The first-order chi connectivity index (χ1) is 11.1. The van der Waals surface area contributed by atoms with Crippen LogP contribution in [-0.2, 0) is 15.0 Å². The van der Waals surface area contributed by atoms with E-state index in [4.69, 9.17) is 0 Å². The highest BCUT2D eigenvalue weighted by molar-refractivity contribution is 6.26. The van der Waals surface area contributed by atoms with Gasteiger partial charge in [-0.25, -0.2) is 9.59 Å². The Morgan fingerprint density at radius 1 is 0.826 bits per heavy atom. The maximum Gasteiger partial charge on any atom is 0.336 e. The molecule has 0 bridgehead atoms. The van der Waals surface area contributed by atoms with Crippen molar-refractivity contribution in [3.05, 3.63) is 82.4 Å². The first-order valence-corrected chi connectivity index (χ1v) is 7.17. The molecule has 1 unspecified atom stereocenters. The Labute approximate surface area is 132 Å². The second-order valence-electron chi connectivity index (χ2n) is 5.63. The van der Waals surface area contributed by atoms with Gasteiger partial charge >= 0.3 is 11.9 Å². The molecule has 0 radical (unpaired) electrons. The summed E-state index contributed by atoms with van der Waals surface area (Å²) in [6, 6.07) is 14.5. The van der Waals surface area contributed by atoms with Gasteiger partial charge < -0.3 is 10.2 Å². The molecular weight excluding hydrogens is 292 g/mol. The molecule has 2 aromatic rings. The molecule has 2 aromatic carbocycles. The lowest BCUT2D eigenvalue weighted by Gasteiger charge is -2.27. The zero-order chi connectivity index (χ0) is 16.2. The van der Waals surface area contributed by atoms with Crippen molar-refractivity contribution in [3.63, 3.8) is 0 Å². The quantitative estimate of drug-likeness (QED) is 0.894. The summed E-state index contributed by atoms with van der Waals surface area (Å²) in [7, 11) is 0. The summed E-state index contributed by atoms with van der Waals surface area (Å²) in [4.78, 5) is 23.8. The van der Waals surface area contributed by atoms with Gasteiger partial charge in [-0.2, -0.15) is 0 Å². The Morgan fingerprint density at radius 3 is 2.17 bits per heavy atom. The van der Waals surface area contributed by atoms with Gasteiger partial charge in [-0.1, -0.05) is 60.7 Å². The van der Waals surface area contributed by atoms with E-state index in [1.807, 2.05) is 30.3 Å². The van der Waals surface area contributed by atoms with E-state index in [1.165, 1.54) is 0 Å². The SMILES string of the molecule is O=C(O)C1=C(C(=O)O)C2(C=Cc3ccccc32)c2ccccc21. The third-order valence-corrected chi connectivity index (χ3v) is 4.59. The van der Waals surface area contributed by atoms with Crippen molar-refractivity contribution in [2.75, 3.05) is 0 Å². The number of carboxylic acids is 2. The van der Waals surface area contributed by atoms with Crippen LogP contribution in [-0.4, -0.2) is 22.2 Å². The van der Waals surface area contributed by atoms with Gasteiger partial charge in [-0.05, 0) is 22.3 Å². The van der Waals surface area contributed by atoms with Gasteiger partial charge in [0.25, 0.3) is 0 Å². The van der Waals surface area contributed by atoms with Crippen LogP contribution < -0.4 is 0 Å². The molecule has 112 valence electrons. The maximum absolute atomic E-state index is 12.0. The number of carbonyl (C=O) groups is 2. The van der Waals surface area contributed by atoms with Crippen LogP contribution in [0.5, 0.6) is 0 Å². The van der Waals surface area contributed by atoms with Crippen LogP contribution in [0.2, 0.25) is 0 Å². The highest BCUT2D eigenvalue weighted by Crippen LogP contribution is 2.55. The van der Waals surface area contributed by atoms with Crippen molar-refractivity contribution in [3.8, 4) is 0 Å². The van der Waals surface area contributed by atoms with Crippen molar-refractivity contribution >= 4 is 23.6 Å². The van der Waals surface area contributed by atoms with Gasteiger partial charge in [-0.15, -0.1) is 0 Å². The Bertz CT molecular complexity index is 936. The van der Waals surface area contributed by atoms with E-state index >= 15 is 0 Å². The van der Waals surface area contributed by atoms with E-state index in [0.29, 0.717) is 11.1 Å². The molecule has 2 aliphatic carbocycles. The molecule has 1 spiro atoms. The third-order valence-electron chi connectivity index (χ3n) is 4.59. The molecule has 0 saturated carbocycles. The zero-order valence-electron chi connectivity index (χ0n) is 12.0. The van der Waals surface area contributed by atoms with Gasteiger partial charge in [0, 0.05) is 0 Å². The lowest BCUT2D eigenvalue weighted by atomic mass is 9.73. The smallest absolute Gasteiger partial charge is 0.336 e. The summed E-state index contributed by atoms with van der Waals surface area (Å²) >= 11 is 0. The fourth-order valence-corrected chi connectivity index (χ4v) is 3.77. The monoisotopic (exact) mass is 304 g/mol. The number of hydrogen-bond donors (Lipinski definition) is 2. The molecule has 4 heteroatoms. The van der Waals surface area contributed by atoms with Gasteiger partial charge in [-0.3, -0.25) is 0 Å². The van der Waals surface area contributed by atoms with Crippen molar-refractivity contribution in [1.29, 1.82) is 0 Å². The van der Waals surface area contributed by atoms with Crippen molar-refractivity contribution in [2.24, 2.45) is 0 Å². The number of benzene rings is 2. The molecule has 23 heavy (non-hydrogen) atoms. The Kier molecular flexibility index (Phi) is 2.60. The van der Waals surface area contributed by atoms with Crippen LogP contribution in [0.4, 0.5) is 0 Å². The lowest BCUT2D eigenvalue weighted by Crippen LogP contribution is -2.28. The summed E-state index contributed by atoms with van der Waals surface area (Å²) < 4.78 is 0. The number of aliphatic carboxylic acids is 2. The minimum atomic E-state index is -1.22. The fraction of sp³-hybridized carbons (Fsp3) is 0.0526. The van der Waals surface area contributed by atoms with Gasteiger partial charge in [0.05, 0.1) is 16.6 Å². The van der Waals surface area contributed by atoms with Gasteiger partial charge in [0.15, 0.2) is 0 Å². The van der Waals surface area contributed by atoms with E-state index in [-0.39, 0.29) is 11.1 Å². The van der Waals surface area contributed by atoms with E-state index in [9.17, 15) is 19.8 Å².